The number of aromatic nitrogens is 1. The minimum Gasteiger partial charge on any atom is -0.361 e. The summed E-state index contributed by atoms with van der Waals surface area (Å²) in [6, 6.07) is 13.4. The van der Waals surface area contributed by atoms with Gasteiger partial charge in [-0.05, 0) is 38.1 Å². The Morgan fingerprint density at radius 3 is 2.56 bits per heavy atom. The lowest BCUT2D eigenvalue weighted by Gasteiger charge is -2.09. The van der Waals surface area contributed by atoms with E-state index >= 15 is 0 Å². The van der Waals surface area contributed by atoms with Crippen LogP contribution in [0.15, 0.2) is 53.1 Å². The maximum Gasteiger partial charge on any atom is 0.293 e. The Morgan fingerprint density at radius 2 is 1.93 bits per heavy atom. The number of carbonyl (C=O) groups is 1. The lowest BCUT2D eigenvalue weighted by molar-refractivity contribution is -0.383. The van der Waals surface area contributed by atoms with E-state index in [1.165, 1.54) is 12.1 Å². The fraction of sp³-hybridized carbons (Fsp3) is 0.158. The van der Waals surface area contributed by atoms with Gasteiger partial charge in [-0.2, -0.15) is 0 Å². The molecule has 0 bridgehead atoms. The average molecular weight is 366 g/mol. The molecular weight excluding hydrogens is 348 g/mol. The molecule has 0 saturated carbocycles. The zero-order valence-corrected chi connectivity index (χ0v) is 14.9. The molecule has 1 heterocycles. The highest BCUT2D eigenvalue weighted by Crippen LogP contribution is 2.28. The van der Waals surface area contributed by atoms with Crippen LogP contribution in [-0.2, 0) is 6.54 Å². The summed E-state index contributed by atoms with van der Waals surface area (Å²) in [5.41, 5.74) is 2.54. The second kappa shape index (κ2) is 7.69. The zero-order chi connectivity index (χ0) is 19.4. The Labute approximate surface area is 155 Å². The number of hydrogen-bond acceptors (Lipinski definition) is 6. The van der Waals surface area contributed by atoms with E-state index < -0.39 is 10.8 Å². The number of aryl methyl sites for hydroxylation is 2. The van der Waals surface area contributed by atoms with Crippen molar-refractivity contribution in [3.05, 3.63) is 81.2 Å². The predicted molar refractivity (Wildman–Crippen MR) is 100.0 cm³/mol. The lowest BCUT2D eigenvalue weighted by Crippen LogP contribution is -2.23. The highest BCUT2D eigenvalue weighted by molar-refractivity contribution is 5.95. The molecule has 2 aromatic carbocycles. The van der Waals surface area contributed by atoms with E-state index in [1.807, 2.05) is 18.2 Å². The first kappa shape index (κ1) is 18.1. The van der Waals surface area contributed by atoms with Gasteiger partial charge in [-0.3, -0.25) is 14.9 Å². The summed E-state index contributed by atoms with van der Waals surface area (Å²) in [4.78, 5) is 23.3. The van der Waals surface area contributed by atoms with Gasteiger partial charge in [0.25, 0.3) is 11.6 Å². The number of benzene rings is 2. The molecule has 3 aromatic rings. The molecule has 1 aromatic heterocycles. The summed E-state index contributed by atoms with van der Waals surface area (Å²) in [5.74, 6) is 0.213. The molecule has 8 heteroatoms. The molecule has 0 atom stereocenters. The van der Waals surface area contributed by atoms with Crippen molar-refractivity contribution in [2.45, 2.75) is 20.4 Å². The number of carbonyl (C=O) groups excluding carboxylic acids is 1. The van der Waals surface area contributed by atoms with E-state index in [0.717, 1.165) is 11.3 Å². The van der Waals surface area contributed by atoms with Crippen LogP contribution in [0.5, 0.6) is 0 Å². The molecule has 3 rings (SSSR count). The molecule has 2 N–H and O–H groups in total. The first-order valence-corrected chi connectivity index (χ1v) is 8.26. The third-order valence-electron chi connectivity index (χ3n) is 4.12. The van der Waals surface area contributed by atoms with Gasteiger partial charge < -0.3 is 15.2 Å². The Bertz CT molecular complexity index is 963. The predicted octanol–water partition coefficient (Wildman–Crippen LogP) is 3.87. The number of anilines is 2. The van der Waals surface area contributed by atoms with E-state index in [4.69, 9.17) is 4.52 Å². The zero-order valence-electron chi connectivity index (χ0n) is 14.9. The molecule has 0 unspecified atom stereocenters. The standard InChI is InChI=1S/C19H18N4O4/c1-12-16(13(2)27-22-12)11-20-19(24)14-8-9-17(18(10-14)23(25)26)21-15-6-4-3-5-7-15/h3-10,21H,11H2,1-2H3,(H,20,24). The van der Waals surface area contributed by atoms with Crippen molar-refractivity contribution < 1.29 is 14.2 Å². The average Bonchev–Trinajstić information content (AvgIpc) is 2.98. The second-order valence-corrected chi connectivity index (χ2v) is 5.97. The largest absolute Gasteiger partial charge is 0.361 e. The van der Waals surface area contributed by atoms with E-state index in [9.17, 15) is 14.9 Å². The van der Waals surface area contributed by atoms with Gasteiger partial charge >= 0.3 is 0 Å². The molecule has 0 saturated heterocycles. The van der Waals surface area contributed by atoms with Crippen molar-refractivity contribution in [3.63, 3.8) is 0 Å². The van der Waals surface area contributed by atoms with Crippen LogP contribution in [0.4, 0.5) is 17.1 Å². The van der Waals surface area contributed by atoms with Crippen LogP contribution in [0.3, 0.4) is 0 Å². The minimum atomic E-state index is -0.518. The topological polar surface area (TPSA) is 110 Å². The summed E-state index contributed by atoms with van der Waals surface area (Å²) in [7, 11) is 0. The fourth-order valence-corrected chi connectivity index (χ4v) is 2.63. The van der Waals surface area contributed by atoms with Gasteiger partial charge in [-0.15, -0.1) is 0 Å². The Balaban J connectivity index is 1.79. The van der Waals surface area contributed by atoms with Crippen molar-refractivity contribution in [3.8, 4) is 0 Å². The SMILES string of the molecule is Cc1noc(C)c1CNC(=O)c1ccc(Nc2ccccc2)c([N+](=O)[O-])c1. The van der Waals surface area contributed by atoms with Gasteiger partial charge in [0.1, 0.15) is 11.4 Å². The van der Waals surface area contributed by atoms with Gasteiger partial charge in [0, 0.05) is 29.4 Å². The molecule has 27 heavy (non-hydrogen) atoms. The van der Waals surface area contributed by atoms with Crippen molar-refractivity contribution in [2.75, 3.05) is 5.32 Å². The van der Waals surface area contributed by atoms with Crippen LogP contribution in [0.25, 0.3) is 0 Å². The van der Waals surface area contributed by atoms with Gasteiger partial charge in [0.15, 0.2) is 0 Å². The van der Waals surface area contributed by atoms with Crippen molar-refractivity contribution in [1.29, 1.82) is 0 Å². The van der Waals surface area contributed by atoms with Crippen LogP contribution in [0.1, 0.15) is 27.4 Å². The van der Waals surface area contributed by atoms with Crippen LogP contribution in [-0.4, -0.2) is 16.0 Å². The molecule has 0 fully saturated rings. The number of para-hydroxylation sites is 1. The van der Waals surface area contributed by atoms with Gasteiger partial charge in [0.2, 0.25) is 0 Å². The van der Waals surface area contributed by atoms with Gasteiger partial charge in [0.05, 0.1) is 10.6 Å². The number of nitro benzene ring substituents is 1. The number of nitrogens with one attached hydrogen (secondary N) is 2. The van der Waals surface area contributed by atoms with Crippen molar-refractivity contribution >= 4 is 23.0 Å². The maximum atomic E-state index is 12.4. The molecule has 0 aliphatic carbocycles. The third kappa shape index (κ3) is 4.12. The number of hydrogen-bond donors (Lipinski definition) is 2. The quantitative estimate of drug-likeness (QED) is 0.506. The summed E-state index contributed by atoms with van der Waals surface area (Å²) >= 11 is 0. The van der Waals surface area contributed by atoms with E-state index in [0.29, 0.717) is 17.1 Å². The number of amides is 1. The normalized spacial score (nSPS) is 10.4. The van der Waals surface area contributed by atoms with E-state index in [-0.39, 0.29) is 17.8 Å². The number of nitro groups is 1. The minimum absolute atomic E-state index is 0.177. The molecule has 0 spiro atoms. The van der Waals surface area contributed by atoms with Crippen LogP contribution >= 0.6 is 0 Å². The fourth-order valence-electron chi connectivity index (χ4n) is 2.63. The lowest BCUT2D eigenvalue weighted by atomic mass is 10.1. The van der Waals surface area contributed by atoms with E-state index in [2.05, 4.69) is 15.8 Å². The number of nitrogens with zero attached hydrogens (tertiary/aromatic N) is 2. The summed E-state index contributed by atoms with van der Waals surface area (Å²) in [6.07, 6.45) is 0. The van der Waals surface area contributed by atoms with Gasteiger partial charge in [-0.25, -0.2) is 0 Å². The Hall–Kier alpha value is -3.68. The molecule has 138 valence electrons. The molecule has 1 amide bonds. The monoisotopic (exact) mass is 366 g/mol. The van der Waals surface area contributed by atoms with Crippen molar-refractivity contribution in [1.82, 2.24) is 10.5 Å². The van der Waals surface area contributed by atoms with Crippen LogP contribution < -0.4 is 10.6 Å². The molecule has 0 aliphatic heterocycles. The number of rotatable bonds is 6. The van der Waals surface area contributed by atoms with Crippen LogP contribution in [0, 0.1) is 24.0 Å². The molecule has 0 aliphatic rings. The summed E-state index contributed by atoms with van der Waals surface area (Å²) in [6.45, 7) is 3.78. The van der Waals surface area contributed by atoms with Gasteiger partial charge in [-0.1, -0.05) is 23.4 Å². The van der Waals surface area contributed by atoms with Crippen molar-refractivity contribution in [2.24, 2.45) is 0 Å². The highest BCUT2D eigenvalue weighted by Gasteiger charge is 2.18. The smallest absolute Gasteiger partial charge is 0.293 e. The highest BCUT2D eigenvalue weighted by atomic mass is 16.6. The Morgan fingerprint density at radius 1 is 1.19 bits per heavy atom. The molecule has 0 radical (unpaired) electrons. The first-order chi connectivity index (χ1) is 13.0. The first-order valence-electron chi connectivity index (χ1n) is 8.26. The summed E-state index contributed by atoms with van der Waals surface area (Å²) < 4.78 is 5.06. The summed E-state index contributed by atoms with van der Waals surface area (Å²) in [5, 5.41) is 21.0. The Kier molecular flexibility index (Phi) is 5.16. The van der Waals surface area contributed by atoms with Crippen LogP contribution in [0.2, 0.25) is 0 Å². The van der Waals surface area contributed by atoms with E-state index in [1.54, 1.807) is 32.0 Å². The second-order valence-electron chi connectivity index (χ2n) is 5.97. The maximum absolute atomic E-state index is 12.4. The molecule has 8 nitrogen and oxygen atoms in total. The molecular formula is C19H18N4O4. The third-order valence-corrected chi connectivity index (χ3v) is 4.12.